The number of pyridine rings is 1. The molecule has 0 aliphatic rings. The van der Waals surface area contributed by atoms with Gasteiger partial charge in [-0.15, -0.1) is 0 Å². The Bertz CT molecular complexity index is 602. The number of hydrogen-bond acceptors (Lipinski definition) is 4. The lowest BCUT2D eigenvalue weighted by Crippen LogP contribution is -2.29. The number of rotatable bonds is 5. The van der Waals surface area contributed by atoms with Crippen LogP contribution >= 0.6 is 23.2 Å². The largest absolute Gasteiger partial charge is 0.491 e. The molecule has 2 aromatic rings. The van der Waals surface area contributed by atoms with Crippen molar-refractivity contribution in [2.75, 3.05) is 0 Å². The predicted octanol–water partition coefficient (Wildman–Crippen LogP) is 3.73. The molecule has 0 aliphatic carbocycles. The molecule has 2 rings (SSSR count). The van der Waals surface area contributed by atoms with Gasteiger partial charge in [0.2, 0.25) is 0 Å². The molecule has 3 N–H and O–H groups in total. The van der Waals surface area contributed by atoms with Gasteiger partial charge in [0.25, 0.3) is 0 Å². The summed E-state index contributed by atoms with van der Waals surface area (Å²) in [4.78, 5) is 4.26. The highest BCUT2D eigenvalue weighted by Gasteiger charge is 2.17. The van der Waals surface area contributed by atoms with E-state index in [0.29, 0.717) is 15.7 Å². The summed E-state index contributed by atoms with van der Waals surface area (Å²) in [6.07, 6.45) is 1.68. The van der Waals surface area contributed by atoms with Gasteiger partial charge in [-0.25, -0.2) is 5.43 Å². The highest BCUT2D eigenvalue weighted by molar-refractivity contribution is 6.34. The van der Waals surface area contributed by atoms with Gasteiger partial charge in [-0.3, -0.25) is 10.8 Å². The number of nitrogens with zero attached hydrogens (tertiary/aromatic N) is 1. The van der Waals surface area contributed by atoms with Gasteiger partial charge in [0.15, 0.2) is 0 Å². The van der Waals surface area contributed by atoms with Gasteiger partial charge in [0.05, 0.1) is 27.9 Å². The summed E-state index contributed by atoms with van der Waals surface area (Å²) in [5, 5.41) is 0.952. The van der Waals surface area contributed by atoms with E-state index in [4.69, 9.17) is 33.8 Å². The van der Waals surface area contributed by atoms with E-state index in [1.54, 1.807) is 12.3 Å². The van der Waals surface area contributed by atoms with Gasteiger partial charge in [-0.05, 0) is 37.6 Å². The SMILES string of the molecule is CC(C)Oc1ccc(C(NN)c2ncc(Cl)cc2Cl)cc1. The Morgan fingerprint density at radius 2 is 1.86 bits per heavy atom. The van der Waals surface area contributed by atoms with E-state index in [2.05, 4.69) is 10.4 Å². The maximum atomic E-state index is 6.19. The van der Waals surface area contributed by atoms with Crippen LogP contribution < -0.4 is 16.0 Å². The molecule has 21 heavy (non-hydrogen) atoms. The number of aromatic nitrogens is 1. The van der Waals surface area contributed by atoms with Gasteiger partial charge in [-0.1, -0.05) is 35.3 Å². The summed E-state index contributed by atoms with van der Waals surface area (Å²) < 4.78 is 5.62. The van der Waals surface area contributed by atoms with Crippen molar-refractivity contribution in [2.24, 2.45) is 5.84 Å². The molecule has 6 heteroatoms. The number of benzene rings is 1. The molecule has 0 fully saturated rings. The molecule has 1 unspecified atom stereocenters. The minimum Gasteiger partial charge on any atom is -0.491 e. The van der Waals surface area contributed by atoms with Gasteiger partial charge >= 0.3 is 0 Å². The fraction of sp³-hybridized carbons (Fsp3) is 0.267. The van der Waals surface area contributed by atoms with Crippen molar-refractivity contribution in [1.29, 1.82) is 0 Å². The summed E-state index contributed by atoms with van der Waals surface area (Å²) in [6, 6.07) is 8.96. The number of hydrogen-bond donors (Lipinski definition) is 2. The molecule has 1 aromatic heterocycles. The summed E-state index contributed by atoms with van der Waals surface area (Å²) in [7, 11) is 0. The highest BCUT2D eigenvalue weighted by Crippen LogP contribution is 2.29. The fourth-order valence-electron chi connectivity index (χ4n) is 1.98. The van der Waals surface area contributed by atoms with E-state index in [1.807, 2.05) is 38.1 Å². The topological polar surface area (TPSA) is 60.2 Å². The van der Waals surface area contributed by atoms with Crippen LogP contribution in [0.3, 0.4) is 0 Å². The zero-order valence-corrected chi connectivity index (χ0v) is 13.3. The Morgan fingerprint density at radius 1 is 1.19 bits per heavy atom. The normalized spacial score (nSPS) is 12.5. The molecule has 0 spiro atoms. The lowest BCUT2D eigenvalue weighted by atomic mass is 10.0. The predicted molar refractivity (Wildman–Crippen MR) is 85.6 cm³/mol. The quantitative estimate of drug-likeness (QED) is 0.649. The monoisotopic (exact) mass is 325 g/mol. The first-order valence-electron chi connectivity index (χ1n) is 6.55. The van der Waals surface area contributed by atoms with Crippen LogP contribution in [0.2, 0.25) is 10.0 Å². The second kappa shape index (κ2) is 7.09. The minimum atomic E-state index is -0.317. The Labute approximate surface area is 134 Å². The zero-order valence-electron chi connectivity index (χ0n) is 11.8. The molecule has 0 saturated heterocycles. The van der Waals surface area contributed by atoms with E-state index in [0.717, 1.165) is 11.3 Å². The minimum absolute atomic E-state index is 0.131. The number of ether oxygens (including phenoxy) is 1. The Kier molecular flexibility index (Phi) is 5.42. The Morgan fingerprint density at radius 3 is 2.38 bits per heavy atom. The summed E-state index contributed by atoms with van der Waals surface area (Å²) >= 11 is 12.1. The van der Waals surface area contributed by atoms with Gasteiger partial charge in [0, 0.05) is 6.20 Å². The molecule has 0 aliphatic heterocycles. The van der Waals surface area contributed by atoms with Crippen LogP contribution in [0.4, 0.5) is 0 Å². The second-order valence-corrected chi connectivity index (χ2v) is 5.70. The van der Waals surface area contributed by atoms with Crippen LogP contribution in [0.1, 0.15) is 31.1 Å². The van der Waals surface area contributed by atoms with Gasteiger partial charge < -0.3 is 4.74 Å². The first-order valence-corrected chi connectivity index (χ1v) is 7.30. The summed E-state index contributed by atoms with van der Waals surface area (Å²) in [6.45, 7) is 3.96. The standard InChI is InChI=1S/C15H17Cl2N3O/c1-9(2)21-12-5-3-10(4-6-12)14(20-18)15-13(17)7-11(16)8-19-15/h3-9,14,20H,18H2,1-2H3. The van der Waals surface area contributed by atoms with E-state index in [1.165, 1.54) is 0 Å². The number of halogens is 2. The summed E-state index contributed by atoms with van der Waals surface area (Å²) in [5.74, 6) is 6.45. The van der Waals surface area contributed by atoms with Crippen molar-refractivity contribution in [2.45, 2.75) is 26.0 Å². The molecule has 0 saturated carbocycles. The van der Waals surface area contributed by atoms with Crippen molar-refractivity contribution in [3.8, 4) is 5.75 Å². The Hall–Kier alpha value is -1.33. The molecule has 0 bridgehead atoms. The maximum absolute atomic E-state index is 6.19. The van der Waals surface area contributed by atoms with Gasteiger partial charge in [-0.2, -0.15) is 0 Å². The third-order valence-electron chi connectivity index (χ3n) is 2.86. The first kappa shape index (κ1) is 16.0. The average Bonchev–Trinajstić information content (AvgIpc) is 2.43. The molecule has 0 radical (unpaired) electrons. The van der Waals surface area contributed by atoms with Crippen LogP contribution in [-0.4, -0.2) is 11.1 Å². The van der Waals surface area contributed by atoms with Crippen LogP contribution in [0, 0.1) is 0 Å². The van der Waals surface area contributed by atoms with Crippen molar-refractivity contribution in [3.05, 3.63) is 57.8 Å². The van der Waals surface area contributed by atoms with E-state index >= 15 is 0 Å². The van der Waals surface area contributed by atoms with Crippen molar-refractivity contribution in [3.63, 3.8) is 0 Å². The fourth-order valence-corrected chi connectivity index (χ4v) is 2.47. The zero-order chi connectivity index (χ0) is 15.4. The van der Waals surface area contributed by atoms with E-state index in [-0.39, 0.29) is 12.1 Å². The van der Waals surface area contributed by atoms with Crippen LogP contribution in [-0.2, 0) is 0 Å². The second-order valence-electron chi connectivity index (χ2n) is 4.86. The molecule has 4 nitrogen and oxygen atoms in total. The smallest absolute Gasteiger partial charge is 0.119 e. The van der Waals surface area contributed by atoms with Crippen molar-refractivity contribution < 1.29 is 4.74 Å². The number of hydrazine groups is 1. The van der Waals surface area contributed by atoms with Gasteiger partial charge in [0.1, 0.15) is 5.75 Å². The van der Waals surface area contributed by atoms with Crippen LogP contribution in [0.5, 0.6) is 5.75 Å². The van der Waals surface area contributed by atoms with Crippen molar-refractivity contribution in [1.82, 2.24) is 10.4 Å². The highest BCUT2D eigenvalue weighted by atomic mass is 35.5. The summed E-state index contributed by atoms with van der Waals surface area (Å²) in [5.41, 5.74) is 4.29. The van der Waals surface area contributed by atoms with Crippen LogP contribution in [0.25, 0.3) is 0 Å². The van der Waals surface area contributed by atoms with E-state index in [9.17, 15) is 0 Å². The lowest BCUT2D eigenvalue weighted by molar-refractivity contribution is 0.242. The molecule has 1 aromatic carbocycles. The van der Waals surface area contributed by atoms with Crippen molar-refractivity contribution >= 4 is 23.2 Å². The third kappa shape index (κ3) is 4.08. The molecule has 1 heterocycles. The molecular weight excluding hydrogens is 309 g/mol. The lowest BCUT2D eigenvalue weighted by Gasteiger charge is -2.18. The Balaban J connectivity index is 2.28. The first-order chi connectivity index (χ1) is 10.0. The third-order valence-corrected chi connectivity index (χ3v) is 3.37. The maximum Gasteiger partial charge on any atom is 0.119 e. The number of nitrogens with one attached hydrogen (secondary N) is 1. The number of nitrogens with two attached hydrogens (primary N) is 1. The molecule has 0 amide bonds. The molecule has 112 valence electrons. The van der Waals surface area contributed by atoms with E-state index < -0.39 is 0 Å². The average molecular weight is 326 g/mol. The molecular formula is C15H17Cl2N3O. The molecule has 1 atom stereocenters. The van der Waals surface area contributed by atoms with Crippen LogP contribution in [0.15, 0.2) is 36.5 Å².